The van der Waals surface area contributed by atoms with Gasteiger partial charge >= 0.3 is 0 Å². The van der Waals surface area contributed by atoms with Gasteiger partial charge in [0.15, 0.2) is 0 Å². The normalized spacial score (nSPS) is 23.6. The number of ether oxygens (including phenoxy) is 1. The number of methoxy groups -OCH3 is 1. The molecule has 0 aromatic heterocycles. The van der Waals surface area contributed by atoms with Crippen molar-refractivity contribution in [3.8, 4) is 0 Å². The molecule has 2 unspecified atom stereocenters. The van der Waals surface area contributed by atoms with Crippen molar-refractivity contribution >= 4 is 0 Å². The molecule has 1 aromatic carbocycles. The molecule has 1 aromatic rings. The first-order valence-electron chi connectivity index (χ1n) is 7.91. The van der Waals surface area contributed by atoms with Gasteiger partial charge in [0, 0.05) is 31.7 Å². The van der Waals surface area contributed by atoms with Gasteiger partial charge in [0.1, 0.15) is 0 Å². The Morgan fingerprint density at radius 2 is 2.00 bits per heavy atom. The van der Waals surface area contributed by atoms with Crippen LogP contribution in [0.4, 0.5) is 0 Å². The molecule has 0 amide bonds. The zero-order chi connectivity index (χ0) is 14.6. The van der Waals surface area contributed by atoms with E-state index in [0.29, 0.717) is 12.0 Å². The summed E-state index contributed by atoms with van der Waals surface area (Å²) < 4.78 is 5.48. The van der Waals surface area contributed by atoms with Crippen LogP contribution in [0.5, 0.6) is 0 Å². The van der Waals surface area contributed by atoms with Gasteiger partial charge < -0.3 is 10.1 Å². The highest BCUT2D eigenvalue weighted by Gasteiger charge is 2.40. The van der Waals surface area contributed by atoms with Crippen LogP contribution in [0, 0.1) is 5.92 Å². The summed E-state index contributed by atoms with van der Waals surface area (Å²) in [6, 6.07) is 9.52. The van der Waals surface area contributed by atoms with Crippen molar-refractivity contribution in [2.45, 2.75) is 51.5 Å². The maximum atomic E-state index is 5.48. The Bertz CT molecular complexity index is 429. The van der Waals surface area contributed by atoms with Gasteiger partial charge in [0.25, 0.3) is 0 Å². The van der Waals surface area contributed by atoms with Crippen LogP contribution in [-0.4, -0.2) is 26.3 Å². The molecule has 0 bridgehead atoms. The smallest absolute Gasteiger partial charge is 0.0496 e. The van der Waals surface area contributed by atoms with Gasteiger partial charge in [-0.3, -0.25) is 0 Å². The summed E-state index contributed by atoms with van der Waals surface area (Å²) in [5.74, 6) is 0.528. The van der Waals surface area contributed by atoms with Crippen molar-refractivity contribution in [2.24, 2.45) is 5.92 Å². The zero-order valence-electron chi connectivity index (χ0n) is 13.4. The van der Waals surface area contributed by atoms with E-state index in [1.54, 1.807) is 5.56 Å². The second-order valence-electron chi connectivity index (χ2n) is 6.56. The molecule has 0 saturated heterocycles. The third kappa shape index (κ3) is 3.07. The fourth-order valence-electron chi connectivity index (χ4n) is 3.62. The average molecular weight is 275 g/mol. The van der Waals surface area contributed by atoms with E-state index in [0.717, 1.165) is 13.2 Å². The lowest BCUT2D eigenvalue weighted by atomic mass is 9.63. The van der Waals surface area contributed by atoms with Gasteiger partial charge in [-0.1, -0.05) is 45.0 Å². The molecule has 2 nitrogen and oxygen atoms in total. The fourth-order valence-corrected chi connectivity index (χ4v) is 3.62. The van der Waals surface area contributed by atoms with Crippen LogP contribution in [0.3, 0.4) is 0 Å². The van der Waals surface area contributed by atoms with E-state index in [-0.39, 0.29) is 5.41 Å². The summed E-state index contributed by atoms with van der Waals surface area (Å²) in [6.07, 6.45) is 3.76. The SMILES string of the molecule is COCC(C)C1(CNC(C)C)CCCc2ccccc21. The average Bonchev–Trinajstić information content (AvgIpc) is 2.45. The molecule has 20 heavy (non-hydrogen) atoms. The largest absolute Gasteiger partial charge is 0.384 e. The number of rotatable bonds is 6. The third-order valence-electron chi connectivity index (χ3n) is 4.81. The van der Waals surface area contributed by atoms with Gasteiger partial charge in [-0.2, -0.15) is 0 Å². The van der Waals surface area contributed by atoms with Gasteiger partial charge in [-0.15, -0.1) is 0 Å². The molecule has 0 fully saturated rings. The minimum Gasteiger partial charge on any atom is -0.384 e. The highest BCUT2D eigenvalue weighted by atomic mass is 16.5. The number of nitrogens with one attached hydrogen (secondary N) is 1. The van der Waals surface area contributed by atoms with Crippen molar-refractivity contribution in [3.05, 3.63) is 35.4 Å². The molecule has 0 aliphatic heterocycles. The summed E-state index contributed by atoms with van der Waals surface area (Å²) in [7, 11) is 1.81. The number of benzene rings is 1. The molecular weight excluding hydrogens is 246 g/mol. The van der Waals surface area contributed by atoms with Crippen molar-refractivity contribution in [1.82, 2.24) is 5.32 Å². The van der Waals surface area contributed by atoms with Crippen LogP contribution < -0.4 is 5.32 Å². The molecule has 1 aliphatic rings. The first-order chi connectivity index (χ1) is 9.60. The Hall–Kier alpha value is -0.860. The van der Waals surface area contributed by atoms with Gasteiger partial charge in [0.05, 0.1) is 0 Å². The number of hydrogen-bond acceptors (Lipinski definition) is 2. The molecule has 2 atom stereocenters. The summed E-state index contributed by atoms with van der Waals surface area (Å²) in [5.41, 5.74) is 3.30. The fraction of sp³-hybridized carbons (Fsp3) is 0.667. The maximum absolute atomic E-state index is 5.48. The van der Waals surface area contributed by atoms with Crippen molar-refractivity contribution in [1.29, 1.82) is 0 Å². The second-order valence-corrected chi connectivity index (χ2v) is 6.56. The van der Waals surface area contributed by atoms with Crippen LogP contribution >= 0.6 is 0 Å². The van der Waals surface area contributed by atoms with Crippen molar-refractivity contribution in [3.63, 3.8) is 0 Å². The van der Waals surface area contributed by atoms with Gasteiger partial charge in [0.2, 0.25) is 0 Å². The van der Waals surface area contributed by atoms with Crippen LogP contribution in [0.25, 0.3) is 0 Å². The van der Waals surface area contributed by atoms with Crippen LogP contribution in [0.2, 0.25) is 0 Å². The highest BCUT2D eigenvalue weighted by molar-refractivity contribution is 5.38. The number of fused-ring (bicyclic) bond motifs is 1. The van der Waals surface area contributed by atoms with E-state index in [2.05, 4.69) is 50.4 Å². The van der Waals surface area contributed by atoms with E-state index >= 15 is 0 Å². The van der Waals surface area contributed by atoms with E-state index in [9.17, 15) is 0 Å². The zero-order valence-corrected chi connectivity index (χ0v) is 13.4. The summed E-state index contributed by atoms with van der Waals surface area (Å²) in [5, 5.41) is 3.68. The molecular formula is C18H29NO. The number of aryl methyl sites for hydroxylation is 1. The van der Waals surface area contributed by atoms with E-state index in [4.69, 9.17) is 4.74 Å². The standard InChI is InChI=1S/C18H29NO/c1-14(2)19-13-18(15(3)12-20-4)11-7-9-16-8-5-6-10-17(16)18/h5-6,8,10,14-15,19H,7,9,11-13H2,1-4H3. The predicted molar refractivity (Wildman–Crippen MR) is 85.2 cm³/mol. The molecule has 0 spiro atoms. The van der Waals surface area contributed by atoms with E-state index in [1.165, 1.54) is 24.8 Å². The predicted octanol–water partition coefficient (Wildman–Crippen LogP) is 3.54. The minimum absolute atomic E-state index is 0.217. The summed E-state index contributed by atoms with van der Waals surface area (Å²) >= 11 is 0. The van der Waals surface area contributed by atoms with Crippen LogP contribution in [0.1, 0.15) is 44.7 Å². The second kappa shape index (κ2) is 6.73. The lowest BCUT2D eigenvalue weighted by Crippen LogP contribution is -2.48. The minimum atomic E-state index is 0.217. The lowest BCUT2D eigenvalue weighted by Gasteiger charge is -2.44. The van der Waals surface area contributed by atoms with Gasteiger partial charge in [-0.25, -0.2) is 0 Å². The Balaban J connectivity index is 2.36. The molecule has 2 rings (SSSR count). The lowest BCUT2D eigenvalue weighted by molar-refractivity contribution is 0.101. The van der Waals surface area contributed by atoms with Crippen LogP contribution in [-0.2, 0) is 16.6 Å². The molecule has 1 N–H and O–H groups in total. The molecule has 0 radical (unpaired) electrons. The third-order valence-corrected chi connectivity index (χ3v) is 4.81. The van der Waals surface area contributed by atoms with Crippen LogP contribution in [0.15, 0.2) is 24.3 Å². The van der Waals surface area contributed by atoms with E-state index < -0.39 is 0 Å². The Labute approximate surface area is 123 Å². The molecule has 112 valence electrons. The first kappa shape index (κ1) is 15.5. The first-order valence-corrected chi connectivity index (χ1v) is 7.91. The molecule has 1 aliphatic carbocycles. The monoisotopic (exact) mass is 275 g/mol. The Morgan fingerprint density at radius 3 is 2.70 bits per heavy atom. The van der Waals surface area contributed by atoms with Crippen molar-refractivity contribution < 1.29 is 4.74 Å². The Morgan fingerprint density at radius 1 is 1.25 bits per heavy atom. The molecule has 0 saturated carbocycles. The topological polar surface area (TPSA) is 21.3 Å². The van der Waals surface area contributed by atoms with Gasteiger partial charge in [-0.05, 0) is 36.3 Å². The van der Waals surface area contributed by atoms with E-state index in [1.807, 2.05) is 7.11 Å². The maximum Gasteiger partial charge on any atom is 0.0496 e. The summed E-state index contributed by atoms with van der Waals surface area (Å²) in [4.78, 5) is 0. The summed E-state index contributed by atoms with van der Waals surface area (Å²) in [6.45, 7) is 8.67. The molecule has 2 heteroatoms. The Kier molecular flexibility index (Phi) is 5.22. The van der Waals surface area contributed by atoms with Crippen molar-refractivity contribution in [2.75, 3.05) is 20.3 Å². The quantitative estimate of drug-likeness (QED) is 0.857. The molecule has 0 heterocycles. The number of hydrogen-bond donors (Lipinski definition) is 1. The highest BCUT2D eigenvalue weighted by Crippen LogP contribution is 2.42.